The van der Waals surface area contributed by atoms with Gasteiger partial charge in [0, 0.05) is 17.3 Å². The van der Waals surface area contributed by atoms with Crippen LogP contribution in [0.15, 0.2) is 60.7 Å². The Morgan fingerprint density at radius 1 is 1.07 bits per heavy atom. The summed E-state index contributed by atoms with van der Waals surface area (Å²) >= 11 is 5.56. The predicted molar refractivity (Wildman–Crippen MR) is 110 cm³/mol. The molecule has 2 aromatic carbocycles. The highest BCUT2D eigenvalue weighted by Crippen LogP contribution is 2.12. The van der Waals surface area contributed by atoms with Crippen molar-refractivity contribution in [2.45, 2.75) is 19.8 Å². The normalized spacial score (nSPS) is 9.85. The van der Waals surface area contributed by atoms with E-state index < -0.39 is 5.97 Å². The van der Waals surface area contributed by atoms with Crippen molar-refractivity contribution < 1.29 is 19.4 Å². The Morgan fingerprint density at radius 3 is 2.19 bits per heavy atom. The summed E-state index contributed by atoms with van der Waals surface area (Å²) in [5, 5.41) is 9.47. The second-order valence-electron chi connectivity index (χ2n) is 5.95. The molecule has 0 saturated carbocycles. The average Bonchev–Trinajstić information content (AvgIpc) is 2.64. The van der Waals surface area contributed by atoms with Crippen LogP contribution in [0.5, 0.6) is 5.75 Å². The summed E-state index contributed by atoms with van der Waals surface area (Å²) in [5.41, 5.74) is 7.40. The zero-order valence-electron chi connectivity index (χ0n) is 15.5. The number of ether oxygens (including phenoxy) is 2. The number of carboxylic acids is 1. The molecular formula is C21H26ClNO4. The minimum Gasteiger partial charge on any atom is -0.494 e. The molecule has 0 aliphatic rings. The van der Waals surface area contributed by atoms with Crippen molar-refractivity contribution in [3.05, 3.63) is 71.3 Å². The lowest BCUT2D eigenvalue weighted by Crippen LogP contribution is -2.02. The van der Waals surface area contributed by atoms with Crippen LogP contribution in [0.25, 0.3) is 0 Å². The van der Waals surface area contributed by atoms with E-state index in [2.05, 4.69) is 6.58 Å². The predicted octanol–water partition coefficient (Wildman–Crippen LogP) is 5.06. The van der Waals surface area contributed by atoms with Gasteiger partial charge < -0.3 is 20.3 Å². The number of nitrogen functional groups attached to an aromatic ring is 1. The highest BCUT2D eigenvalue weighted by Gasteiger charge is 2.01. The van der Waals surface area contributed by atoms with Crippen molar-refractivity contribution in [3.63, 3.8) is 0 Å². The number of carboxylic acid groups (broad SMARTS) is 1. The molecule has 0 aromatic heterocycles. The highest BCUT2D eigenvalue weighted by molar-refractivity contribution is 6.30. The highest BCUT2D eigenvalue weighted by atomic mass is 35.5. The van der Waals surface area contributed by atoms with Gasteiger partial charge in [-0.1, -0.05) is 23.8 Å². The summed E-state index contributed by atoms with van der Waals surface area (Å²) in [6, 6.07) is 13.5. The number of unbranched alkanes of at least 4 members (excludes halogenated alkanes) is 1. The molecule has 0 aliphatic carbocycles. The van der Waals surface area contributed by atoms with Crippen molar-refractivity contribution in [3.8, 4) is 5.75 Å². The maximum absolute atomic E-state index is 10.7. The van der Waals surface area contributed by atoms with Crippen LogP contribution in [-0.4, -0.2) is 30.9 Å². The van der Waals surface area contributed by atoms with Gasteiger partial charge in [-0.2, -0.15) is 0 Å². The number of rotatable bonds is 9. The summed E-state index contributed by atoms with van der Waals surface area (Å²) < 4.78 is 10.9. The Balaban J connectivity index is 0.000000377. The number of hydrogen-bond donors (Lipinski definition) is 2. The van der Waals surface area contributed by atoms with Crippen molar-refractivity contribution >= 4 is 23.3 Å². The number of halogens is 1. The van der Waals surface area contributed by atoms with Crippen molar-refractivity contribution in [2.75, 3.05) is 25.6 Å². The van der Waals surface area contributed by atoms with E-state index in [4.69, 9.17) is 31.9 Å². The summed E-state index contributed by atoms with van der Waals surface area (Å²) in [6.45, 7) is 7.60. The fourth-order valence-electron chi connectivity index (χ4n) is 1.90. The molecule has 6 heteroatoms. The topological polar surface area (TPSA) is 81.8 Å². The Labute approximate surface area is 165 Å². The van der Waals surface area contributed by atoms with Crippen LogP contribution >= 0.6 is 11.6 Å². The summed E-state index contributed by atoms with van der Waals surface area (Å²) in [7, 11) is 0. The molecule has 0 heterocycles. The molecular weight excluding hydrogens is 366 g/mol. The molecule has 0 spiro atoms. The molecule has 0 amide bonds. The quantitative estimate of drug-likeness (QED) is 0.354. The lowest BCUT2D eigenvalue weighted by molar-refractivity contribution is 0.0697. The van der Waals surface area contributed by atoms with Gasteiger partial charge in [-0.25, -0.2) is 4.79 Å². The van der Waals surface area contributed by atoms with Gasteiger partial charge in [-0.05, 0) is 68.3 Å². The first kappa shape index (κ1) is 22.5. The second-order valence-corrected chi connectivity index (χ2v) is 6.38. The molecule has 0 saturated heterocycles. The number of carbonyl (C=O) groups is 1. The van der Waals surface area contributed by atoms with Gasteiger partial charge in [0.25, 0.3) is 0 Å². The first-order chi connectivity index (χ1) is 12.9. The molecule has 0 bridgehead atoms. The van der Waals surface area contributed by atoms with Crippen LogP contribution in [0.4, 0.5) is 5.69 Å². The molecule has 3 N–H and O–H groups in total. The molecule has 2 rings (SSSR count). The van der Waals surface area contributed by atoms with Gasteiger partial charge >= 0.3 is 5.97 Å². The molecule has 2 aromatic rings. The summed E-state index contributed by atoms with van der Waals surface area (Å²) in [5.74, 6) is -0.242. The second kappa shape index (κ2) is 12.8. The van der Waals surface area contributed by atoms with Gasteiger partial charge in [-0.3, -0.25) is 0 Å². The Bertz CT molecular complexity index is 678. The number of aromatic carboxylic acids is 1. The van der Waals surface area contributed by atoms with E-state index in [1.807, 2.05) is 6.92 Å². The zero-order valence-corrected chi connectivity index (χ0v) is 16.2. The maximum Gasteiger partial charge on any atom is 0.335 e. The maximum atomic E-state index is 10.7. The van der Waals surface area contributed by atoms with Crippen LogP contribution in [0.2, 0.25) is 5.02 Å². The zero-order chi connectivity index (χ0) is 20.1. The number of benzene rings is 2. The first-order valence-electron chi connectivity index (χ1n) is 8.58. The van der Waals surface area contributed by atoms with E-state index in [0.717, 1.165) is 29.1 Å². The van der Waals surface area contributed by atoms with E-state index in [-0.39, 0.29) is 5.56 Å². The van der Waals surface area contributed by atoms with Gasteiger partial charge in [0.2, 0.25) is 0 Å². The third kappa shape index (κ3) is 10.9. The van der Waals surface area contributed by atoms with E-state index in [9.17, 15) is 4.79 Å². The minimum absolute atomic E-state index is 0.264. The SMILES string of the molecule is C=C(C)COCCCCOc1ccc(C(=O)O)cc1.Nc1ccc(Cl)cc1. The number of hydrogen-bond acceptors (Lipinski definition) is 4. The Morgan fingerprint density at radius 2 is 1.67 bits per heavy atom. The van der Waals surface area contributed by atoms with Crippen LogP contribution in [0, 0.1) is 0 Å². The van der Waals surface area contributed by atoms with E-state index in [1.165, 1.54) is 12.1 Å². The Kier molecular flexibility index (Phi) is 10.7. The molecule has 0 radical (unpaired) electrons. The van der Waals surface area contributed by atoms with Crippen LogP contribution < -0.4 is 10.5 Å². The third-order valence-corrected chi connectivity index (χ3v) is 3.52. The molecule has 0 atom stereocenters. The average molecular weight is 392 g/mol. The molecule has 0 fully saturated rings. The minimum atomic E-state index is -0.929. The van der Waals surface area contributed by atoms with Gasteiger partial charge in [0.1, 0.15) is 5.75 Å². The van der Waals surface area contributed by atoms with Crippen LogP contribution in [-0.2, 0) is 4.74 Å². The van der Waals surface area contributed by atoms with Crippen LogP contribution in [0.3, 0.4) is 0 Å². The van der Waals surface area contributed by atoms with Gasteiger partial charge in [0.05, 0.1) is 18.8 Å². The van der Waals surface area contributed by atoms with Gasteiger partial charge in [0.15, 0.2) is 0 Å². The fourth-order valence-corrected chi connectivity index (χ4v) is 2.03. The number of anilines is 1. The molecule has 27 heavy (non-hydrogen) atoms. The lowest BCUT2D eigenvalue weighted by Gasteiger charge is -2.07. The largest absolute Gasteiger partial charge is 0.494 e. The van der Waals surface area contributed by atoms with E-state index in [1.54, 1.807) is 36.4 Å². The first-order valence-corrected chi connectivity index (χ1v) is 8.95. The van der Waals surface area contributed by atoms with E-state index >= 15 is 0 Å². The lowest BCUT2D eigenvalue weighted by atomic mass is 10.2. The van der Waals surface area contributed by atoms with E-state index in [0.29, 0.717) is 25.6 Å². The molecule has 146 valence electrons. The summed E-state index contributed by atoms with van der Waals surface area (Å²) in [4.78, 5) is 10.7. The number of nitrogens with two attached hydrogens (primary N) is 1. The monoisotopic (exact) mass is 391 g/mol. The van der Waals surface area contributed by atoms with Crippen molar-refractivity contribution in [2.24, 2.45) is 0 Å². The molecule has 5 nitrogen and oxygen atoms in total. The fraction of sp³-hybridized carbons (Fsp3) is 0.286. The van der Waals surface area contributed by atoms with Crippen LogP contribution in [0.1, 0.15) is 30.1 Å². The summed E-state index contributed by atoms with van der Waals surface area (Å²) in [6.07, 6.45) is 1.83. The Hall–Kier alpha value is -2.50. The molecule has 0 unspecified atom stereocenters. The van der Waals surface area contributed by atoms with Crippen molar-refractivity contribution in [1.82, 2.24) is 0 Å². The van der Waals surface area contributed by atoms with Crippen molar-refractivity contribution in [1.29, 1.82) is 0 Å². The smallest absolute Gasteiger partial charge is 0.335 e. The van der Waals surface area contributed by atoms with Gasteiger partial charge in [-0.15, -0.1) is 0 Å². The molecule has 0 aliphatic heterocycles. The third-order valence-electron chi connectivity index (χ3n) is 3.27. The standard InChI is InChI=1S/C15H20O4.C6H6ClN/c1-12(2)11-18-9-3-4-10-19-14-7-5-13(6-8-14)15(16)17;7-5-1-3-6(8)4-2-5/h5-8H,1,3-4,9-11H2,2H3,(H,16,17);1-4H,8H2.